The van der Waals surface area contributed by atoms with Crippen LogP contribution >= 0.6 is 0 Å². The highest BCUT2D eigenvalue weighted by Gasteiger charge is 2.32. The Bertz CT molecular complexity index is 847. The van der Waals surface area contributed by atoms with Crippen LogP contribution in [0.3, 0.4) is 0 Å². The van der Waals surface area contributed by atoms with Gasteiger partial charge in [0.25, 0.3) is 0 Å². The van der Waals surface area contributed by atoms with Gasteiger partial charge in [-0.2, -0.15) is 0 Å². The molecule has 0 radical (unpaired) electrons. The molecule has 0 unspecified atom stereocenters. The van der Waals surface area contributed by atoms with Crippen LogP contribution in [0.25, 0.3) is 10.9 Å². The zero-order valence-electron chi connectivity index (χ0n) is 15.9. The molecule has 5 heteroatoms. The van der Waals surface area contributed by atoms with Crippen LogP contribution in [0.4, 0.5) is 0 Å². The second kappa shape index (κ2) is 6.71. The SMILES string of the molecule is CC(C)n1c(O)c(C2=NCCOC2)c2cc(CCC3(C)COC3)ccc21. The molecule has 0 atom stereocenters. The average molecular weight is 356 g/mol. The molecule has 3 heterocycles. The zero-order chi connectivity index (χ0) is 18.3. The van der Waals surface area contributed by atoms with Gasteiger partial charge < -0.3 is 19.1 Å². The van der Waals surface area contributed by atoms with Crippen LogP contribution < -0.4 is 0 Å². The Kier molecular flexibility index (Phi) is 4.53. The molecule has 2 aliphatic rings. The minimum Gasteiger partial charge on any atom is -0.494 e. The molecule has 1 aromatic heterocycles. The summed E-state index contributed by atoms with van der Waals surface area (Å²) in [7, 11) is 0. The van der Waals surface area contributed by atoms with Crippen molar-refractivity contribution in [2.75, 3.05) is 33.0 Å². The fourth-order valence-electron chi connectivity index (χ4n) is 3.96. The Morgan fingerprint density at radius 3 is 2.69 bits per heavy atom. The number of ether oxygens (including phenoxy) is 2. The lowest BCUT2D eigenvalue weighted by atomic mass is 9.82. The number of aliphatic imine (C=N–C) groups is 1. The van der Waals surface area contributed by atoms with Gasteiger partial charge in [-0.1, -0.05) is 13.0 Å². The Balaban J connectivity index is 1.76. The Labute approximate surface area is 154 Å². The number of benzene rings is 1. The number of aryl methyl sites for hydroxylation is 1. The van der Waals surface area contributed by atoms with E-state index >= 15 is 0 Å². The maximum absolute atomic E-state index is 10.9. The molecule has 2 aromatic rings. The van der Waals surface area contributed by atoms with E-state index in [-0.39, 0.29) is 6.04 Å². The van der Waals surface area contributed by atoms with Gasteiger partial charge in [0.2, 0.25) is 5.88 Å². The van der Waals surface area contributed by atoms with Gasteiger partial charge >= 0.3 is 0 Å². The smallest absolute Gasteiger partial charge is 0.201 e. The van der Waals surface area contributed by atoms with Crippen LogP contribution in [-0.4, -0.2) is 48.4 Å². The largest absolute Gasteiger partial charge is 0.494 e. The number of aromatic nitrogens is 1. The van der Waals surface area contributed by atoms with Crippen molar-refractivity contribution in [1.82, 2.24) is 4.57 Å². The molecule has 5 nitrogen and oxygen atoms in total. The van der Waals surface area contributed by atoms with Crippen molar-refractivity contribution in [3.05, 3.63) is 29.3 Å². The summed E-state index contributed by atoms with van der Waals surface area (Å²) in [5.74, 6) is 0.302. The quantitative estimate of drug-likeness (QED) is 0.888. The van der Waals surface area contributed by atoms with E-state index < -0.39 is 0 Å². The maximum atomic E-state index is 10.9. The summed E-state index contributed by atoms with van der Waals surface area (Å²) in [4.78, 5) is 4.62. The standard InChI is InChI=1S/C21H28N2O3/c1-14(2)23-18-5-4-15(6-7-21(3)12-26-13-21)10-16(18)19(20(23)24)17-11-25-9-8-22-17/h4-5,10,14,24H,6-9,11-13H2,1-3H3. The topological polar surface area (TPSA) is 56.0 Å². The van der Waals surface area contributed by atoms with E-state index in [1.165, 1.54) is 5.56 Å². The van der Waals surface area contributed by atoms with Crippen molar-refractivity contribution in [3.8, 4) is 5.88 Å². The van der Waals surface area contributed by atoms with Crippen molar-refractivity contribution in [1.29, 1.82) is 0 Å². The van der Waals surface area contributed by atoms with Crippen molar-refractivity contribution in [2.24, 2.45) is 10.4 Å². The van der Waals surface area contributed by atoms with Gasteiger partial charge in [-0.25, -0.2) is 0 Å². The van der Waals surface area contributed by atoms with Crippen LogP contribution in [0, 0.1) is 5.41 Å². The maximum Gasteiger partial charge on any atom is 0.201 e. The Hall–Kier alpha value is -1.85. The average Bonchev–Trinajstić information content (AvgIpc) is 2.90. The fourth-order valence-corrected chi connectivity index (χ4v) is 3.96. The summed E-state index contributed by atoms with van der Waals surface area (Å²) in [6.07, 6.45) is 2.14. The van der Waals surface area contributed by atoms with Crippen LogP contribution in [0.1, 0.15) is 44.4 Å². The van der Waals surface area contributed by atoms with Gasteiger partial charge in [0.05, 0.1) is 49.8 Å². The minimum atomic E-state index is 0.174. The summed E-state index contributed by atoms with van der Waals surface area (Å²) in [6, 6.07) is 6.72. The third kappa shape index (κ3) is 3.03. The Morgan fingerprint density at radius 2 is 2.08 bits per heavy atom. The van der Waals surface area contributed by atoms with Crippen molar-refractivity contribution in [2.45, 2.75) is 39.7 Å². The van der Waals surface area contributed by atoms with Crippen molar-refractivity contribution in [3.63, 3.8) is 0 Å². The summed E-state index contributed by atoms with van der Waals surface area (Å²) in [6.45, 7) is 9.96. The molecule has 2 aliphatic heterocycles. The van der Waals surface area contributed by atoms with Gasteiger partial charge in [0.15, 0.2) is 0 Å². The van der Waals surface area contributed by atoms with E-state index in [1.54, 1.807) is 0 Å². The first-order chi connectivity index (χ1) is 12.5. The molecule has 1 saturated heterocycles. The minimum absolute atomic E-state index is 0.174. The number of nitrogens with zero attached hydrogens (tertiary/aromatic N) is 2. The number of hydrogen-bond donors (Lipinski definition) is 1. The second-order valence-corrected chi connectivity index (χ2v) is 8.20. The Morgan fingerprint density at radius 1 is 1.27 bits per heavy atom. The van der Waals surface area contributed by atoms with Gasteiger partial charge in [-0.05, 0) is 44.4 Å². The van der Waals surface area contributed by atoms with Crippen molar-refractivity contribution < 1.29 is 14.6 Å². The van der Waals surface area contributed by atoms with Crippen LogP contribution in [0.5, 0.6) is 5.88 Å². The predicted octanol–water partition coefficient (Wildman–Crippen LogP) is 3.72. The van der Waals surface area contributed by atoms with E-state index in [4.69, 9.17) is 9.47 Å². The zero-order valence-corrected chi connectivity index (χ0v) is 15.9. The number of hydrogen-bond acceptors (Lipinski definition) is 4. The summed E-state index contributed by atoms with van der Waals surface area (Å²) < 4.78 is 13.0. The number of aromatic hydroxyl groups is 1. The summed E-state index contributed by atoms with van der Waals surface area (Å²) in [5, 5.41) is 12.0. The molecule has 0 bridgehead atoms. The first-order valence-corrected chi connectivity index (χ1v) is 9.53. The molecule has 140 valence electrons. The lowest BCUT2D eigenvalue weighted by Crippen LogP contribution is -2.39. The molecule has 1 N–H and O–H groups in total. The van der Waals surface area contributed by atoms with E-state index in [0.717, 1.165) is 48.2 Å². The third-order valence-corrected chi connectivity index (χ3v) is 5.54. The molecule has 4 rings (SSSR count). The predicted molar refractivity (Wildman–Crippen MR) is 103 cm³/mol. The third-order valence-electron chi connectivity index (χ3n) is 5.54. The summed E-state index contributed by atoms with van der Waals surface area (Å²) in [5.41, 5.74) is 4.36. The van der Waals surface area contributed by atoms with Crippen LogP contribution in [0.2, 0.25) is 0 Å². The lowest BCUT2D eigenvalue weighted by molar-refractivity contribution is -0.105. The second-order valence-electron chi connectivity index (χ2n) is 8.20. The molecule has 26 heavy (non-hydrogen) atoms. The van der Waals surface area contributed by atoms with E-state index in [1.807, 2.05) is 4.57 Å². The molecule has 0 spiro atoms. The number of rotatable bonds is 5. The normalized spacial score (nSPS) is 19.6. The van der Waals surface area contributed by atoms with Crippen LogP contribution in [0.15, 0.2) is 23.2 Å². The molecular weight excluding hydrogens is 328 g/mol. The fraction of sp³-hybridized carbons (Fsp3) is 0.571. The monoisotopic (exact) mass is 356 g/mol. The molecular formula is C21H28N2O3. The number of fused-ring (bicyclic) bond motifs is 1. The van der Waals surface area contributed by atoms with Gasteiger partial charge in [-0.15, -0.1) is 0 Å². The van der Waals surface area contributed by atoms with E-state index in [9.17, 15) is 5.11 Å². The molecule has 0 saturated carbocycles. The molecule has 1 fully saturated rings. The molecule has 0 aliphatic carbocycles. The highest BCUT2D eigenvalue weighted by atomic mass is 16.5. The van der Waals surface area contributed by atoms with Gasteiger partial charge in [-0.3, -0.25) is 4.99 Å². The van der Waals surface area contributed by atoms with Crippen molar-refractivity contribution >= 4 is 16.6 Å². The molecule has 1 aromatic carbocycles. The van der Waals surface area contributed by atoms with E-state index in [2.05, 4.69) is 44.0 Å². The molecule has 0 amide bonds. The van der Waals surface area contributed by atoms with Gasteiger partial charge in [0.1, 0.15) is 0 Å². The lowest BCUT2D eigenvalue weighted by Gasteiger charge is -2.38. The highest BCUT2D eigenvalue weighted by Crippen LogP contribution is 2.37. The highest BCUT2D eigenvalue weighted by molar-refractivity contribution is 6.14. The van der Waals surface area contributed by atoms with Gasteiger partial charge in [0, 0.05) is 16.8 Å². The first kappa shape index (κ1) is 17.6. The van der Waals surface area contributed by atoms with E-state index in [0.29, 0.717) is 31.1 Å². The summed E-state index contributed by atoms with van der Waals surface area (Å²) >= 11 is 0. The van der Waals surface area contributed by atoms with Crippen LogP contribution in [-0.2, 0) is 15.9 Å². The first-order valence-electron chi connectivity index (χ1n) is 9.53.